The average molecular weight is 370 g/mol. The van der Waals surface area contributed by atoms with Crippen molar-refractivity contribution in [2.75, 3.05) is 13.1 Å². The predicted molar refractivity (Wildman–Crippen MR) is 106 cm³/mol. The molecule has 1 saturated heterocycles. The first-order chi connectivity index (χ1) is 13.0. The van der Waals surface area contributed by atoms with Gasteiger partial charge in [0.15, 0.2) is 0 Å². The van der Waals surface area contributed by atoms with Crippen molar-refractivity contribution < 1.29 is 4.79 Å². The Kier molecular flexibility index (Phi) is 6.61. The maximum atomic E-state index is 12.6. The number of hydrogen-bond acceptors (Lipinski definition) is 4. The Morgan fingerprint density at radius 2 is 1.93 bits per heavy atom. The second-order valence-corrected chi connectivity index (χ2v) is 7.94. The van der Waals surface area contributed by atoms with Crippen LogP contribution in [0.2, 0.25) is 0 Å². The number of aromatic nitrogens is 3. The Hall–Kier alpha value is -2.21. The van der Waals surface area contributed by atoms with Gasteiger partial charge in [-0.2, -0.15) is 5.10 Å². The third kappa shape index (κ3) is 5.39. The molecule has 6 heteroatoms. The maximum absolute atomic E-state index is 12.6. The minimum absolute atomic E-state index is 0.0943. The summed E-state index contributed by atoms with van der Waals surface area (Å²) in [7, 11) is 1.87. The molecule has 1 aromatic heterocycles. The number of rotatable bonds is 7. The molecule has 1 N–H and O–H groups in total. The van der Waals surface area contributed by atoms with Crippen LogP contribution in [-0.2, 0) is 18.4 Å². The number of likely N-dealkylation sites (tertiary alicyclic amines) is 1. The highest BCUT2D eigenvalue weighted by Gasteiger charge is 2.26. The van der Waals surface area contributed by atoms with Crippen LogP contribution in [0, 0.1) is 11.8 Å². The Balaban J connectivity index is 1.47. The number of piperidine rings is 1. The highest BCUT2D eigenvalue weighted by atomic mass is 16.1. The molecule has 1 fully saturated rings. The van der Waals surface area contributed by atoms with Crippen LogP contribution in [0.4, 0.5) is 0 Å². The van der Waals surface area contributed by atoms with Gasteiger partial charge in [-0.05, 0) is 43.3 Å². The van der Waals surface area contributed by atoms with Crippen LogP contribution in [0.25, 0.3) is 0 Å². The standard InChI is InChI=1S/C21H31N5O/c1-16(2)20(21-22-15-23-25(21)3)24-19(27)13-17-9-11-26(12-10-17)14-18-7-5-4-6-8-18/h4-8,15-17,20H,9-14H2,1-3H3,(H,24,27). The van der Waals surface area contributed by atoms with Gasteiger partial charge < -0.3 is 5.32 Å². The molecule has 0 bridgehead atoms. The fourth-order valence-corrected chi connectivity index (χ4v) is 3.80. The Morgan fingerprint density at radius 1 is 1.22 bits per heavy atom. The van der Waals surface area contributed by atoms with Gasteiger partial charge in [0.1, 0.15) is 12.2 Å². The zero-order valence-electron chi connectivity index (χ0n) is 16.6. The third-order valence-electron chi connectivity index (χ3n) is 5.44. The minimum Gasteiger partial charge on any atom is -0.346 e. The second kappa shape index (κ2) is 9.13. The molecule has 1 atom stereocenters. The van der Waals surface area contributed by atoms with Gasteiger partial charge in [-0.1, -0.05) is 44.2 Å². The summed E-state index contributed by atoms with van der Waals surface area (Å²) >= 11 is 0. The second-order valence-electron chi connectivity index (χ2n) is 7.94. The number of nitrogens with one attached hydrogen (secondary N) is 1. The molecule has 0 saturated carbocycles. The maximum Gasteiger partial charge on any atom is 0.220 e. The van der Waals surface area contributed by atoms with E-state index in [0.717, 1.165) is 38.3 Å². The summed E-state index contributed by atoms with van der Waals surface area (Å²) in [6, 6.07) is 10.5. The lowest BCUT2D eigenvalue weighted by molar-refractivity contribution is -0.123. The van der Waals surface area contributed by atoms with Crippen LogP contribution >= 0.6 is 0 Å². The molecule has 2 heterocycles. The van der Waals surface area contributed by atoms with E-state index in [1.165, 1.54) is 5.56 Å². The molecule has 6 nitrogen and oxygen atoms in total. The van der Waals surface area contributed by atoms with Gasteiger partial charge in [-0.3, -0.25) is 14.4 Å². The lowest BCUT2D eigenvalue weighted by Gasteiger charge is -2.32. The normalized spacial score (nSPS) is 17.2. The number of aryl methyl sites for hydroxylation is 1. The molecule has 146 valence electrons. The summed E-state index contributed by atoms with van der Waals surface area (Å²) in [5.41, 5.74) is 1.36. The van der Waals surface area contributed by atoms with Gasteiger partial charge in [0.05, 0.1) is 6.04 Å². The van der Waals surface area contributed by atoms with E-state index in [-0.39, 0.29) is 17.9 Å². The van der Waals surface area contributed by atoms with E-state index in [1.54, 1.807) is 11.0 Å². The summed E-state index contributed by atoms with van der Waals surface area (Å²) in [5, 5.41) is 7.32. The lowest BCUT2D eigenvalue weighted by atomic mass is 9.92. The third-order valence-corrected chi connectivity index (χ3v) is 5.44. The van der Waals surface area contributed by atoms with E-state index in [9.17, 15) is 4.79 Å². The van der Waals surface area contributed by atoms with Crippen molar-refractivity contribution in [2.45, 2.75) is 45.7 Å². The average Bonchev–Trinajstić information content (AvgIpc) is 3.07. The molecule has 1 aliphatic heterocycles. The summed E-state index contributed by atoms with van der Waals surface area (Å²) in [6.07, 6.45) is 4.30. The van der Waals surface area contributed by atoms with Gasteiger partial charge in [0.25, 0.3) is 0 Å². The fourth-order valence-electron chi connectivity index (χ4n) is 3.80. The van der Waals surface area contributed by atoms with E-state index in [4.69, 9.17) is 0 Å². The molecule has 1 amide bonds. The van der Waals surface area contributed by atoms with Crippen molar-refractivity contribution in [3.05, 3.63) is 48.0 Å². The lowest BCUT2D eigenvalue weighted by Crippen LogP contribution is -2.37. The predicted octanol–water partition coefficient (Wildman–Crippen LogP) is 2.93. The highest BCUT2D eigenvalue weighted by molar-refractivity contribution is 5.76. The Morgan fingerprint density at radius 3 is 2.52 bits per heavy atom. The molecule has 0 aliphatic carbocycles. The summed E-state index contributed by atoms with van der Waals surface area (Å²) in [6.45, 7) is 7.32. The molecule has 1 aliphatic rings. The van der Waals surface area contributed by atoms with Gasteiger partial charge in [-0.15, -0.1) is 0 Å². The number of carbonyl (C=O) groups is 1. The van der Waals surface area contributed by atoms with Crippen LogP contribution in [-0.4, -0.2) is 38.7 Å². The monoisotopic (exact) mass is 369 g/mol. The van der Waals surface area contributed by atoms with Gasteiger partial charge in [0, 0.05) is 20.0 Å². The number of nitrogens with zero attached hydrogens (tertiary/aromatic N) is 4. The molecule has 0 radical (unpaired) electrons. The van der Waals surface area contributed by atoms with Gasteiger partial charge >= 0.3 is 0 Å². The van der Waals surface area contributed by atoms with E-state index >= 15 is 0 Å². The first-order valence-electron chi connectivity index (χ1n) is 9.92. The first-order valence-corrected chi connectivity index (χ1v) is 9.92. The SMILES string of the molecule is CC(C)C(NC(=O)CC1CCN(Cc2ccccc2)CC1)c1ncnn1C. The van der Waals surface area contributed by atoms with Crippen molar-refractivity contribution in [3.8, 4) is 0 Å². The van der Waals surface area contributed by atoms with Crippen molar-refractivity contribution in [1.82, 2.24) is 25.0 Å². The molecular weight excluding hydrogens is 338 g/mol. The van der Waals surface area contributed by atoms with Crippen molar-refractivity contribution in [2.24, 2.45) is 18.9 Å². The van der Waals surface area contributed by atoms with Gasteiger partial charge in [-0.25, -0.2) is 4.98 Å². The molecular formula is C21H31N5O. The molecule has 27 heavy (non-hydrogen) atoms. The summed E-state index contributed by atoms with van der Waals surface area (Å²) < 4.78 is 1.74. The smallest absolute Gasteiger partial charge is 0.220 e. The van der Waals surface area contributed by atoms with Crippen LogP contribution in [0.15, 0.2) is 36.7 Å². The summed E-state index contributed by atoms with van der Waals surface area (Å²) in [4.78, 5) is 19.4. The zero-order chi connectivity index (χ0) is 19.2. The zero-order valence-corrected chi connectivity index (χ0v) is 16.6. The van der Waals surface area contributed by atoms with E-state index < -0.39 is 0 Å². The number of hydrogen-bond donors (Lipinski definition) is 1. The van der Waals surface area contributed by atoms with Crippen molar-refractivity contribution in [3.63, 3.8) is 0 Å². The molecule has 3 rings (SSSR count). The number of amides is 1. The van der Waals surface area contributed by atoms with Crippen LogP contribution < -0.4 is 5.32 Å². The first kappa shape index (κ1) is 19.5. The largest absolute Gasteiger partial charge is 0.346 e. The Labute approximate surface area is 162 Å². The minimum atomic E-state index is -0.0943. The van der Waals surface area contributed by atoms with E-state index in [0.29, 0.717) is 12.3 Å². The van der Waals surface area contributed by atoms with Crippen LogP contribution in [0.5, 0.6) is 0 Å². The number of benzene rings is 1. The molecule has 2 aromatic rings. The topological polar surface area (TPSA) is 63.1 Å². The fraction of sp³-hybridized carbons (Fsp3) is 0.571. The molecule has 1 aromatic carbocycles. The highest BCUT2D eigenvalue weighted by Crippen LogP contribution is 2.24. The molecule has 0 spiro atoms. The van der Waals surface area contributed by atoms with Crippen molar-refractivity contribution >= 4 is 5.91 Å². The van der Waals surface area contributed by atoms with Crippen molar-refractivity contribution in [1.29, 1.82) is 0 Å². The van der Waals surface area contributed by atoms with Crippen LogP contribution in [0.1, 0.15) is 50.5 Å². The van der Waals surface area contributed by atoms with Gasteiger partial charge in [0.2, 0.25) is 5.91 Å². The van der Waals surface area contributed by atoms with E-state index in [1.807, 2.05) is 7.05 Å². The quantitative estimate of drug-likeness (QED) is 0.815. The van der Waals surface area contributed by atoms with E-state index in [2.05, 4.69) is 64.5 Å². The van der Waals surface area contributed by atoms with Crippen LogP contribution in [0.3, 0.4) is 0 Å². The summed E-state index contributed by atoms with van der Waals surface area (Å²) in [5.74, 6) is 1.67. The molecule has 1 unspecified atom stereocenters. The Bertz CT molecular complexity index is 719. The number of carbonyl (C=O) groups excluding carboxylic acids is 1.